The van der Waals surface area contributed by atoms with Gasteiger partial charge in [0.05, 0.1) is 7.11 Å². The first-order valence-electron chi connectivity index (χ1n) is 6.11. The van der Waals surface area contributed by atoms with E-state index < -0.39 is 11.6 Å². The molecule has 3 amide bonds. The summed E-state index contributed by atoms with van der Waals surface area (Å²) in [6.45, 7) is 8.04. The zero-order chi connectivity index (χ0) is 13.8. The lowest BCUT2D eigenvalue weighted by Crippen LogP contribution is -2.69. The van der Waals surface area contributed by atoms with E-state index in [9.17, 15) is 9.59 Å². The Labute approximate surface area is 107 Å². The fourth-order valence-electron chi connectivity index (χ4n) is 3.77. The number of hydrogen-bond donors (Lipinski definition) is 2. The fraction of sp³-hybridized carbons (Fsp3) is 0.833. The highest BCUT2D eigenvalue weighted by atomic mass is 16.7. The van der Waals surface area contributed by atoms with Crippen LogP contribution in [0.15, 0.2) is 0 Å². The Kier molecular flexibility index (Phi) is 2.72. The number of nitrogens with zero attached hydrogens (tertiary/aromatic N) is 1. The first-order valence-corrected chi connectivity index (χ1v) is 6.11. The van der Waals surface area contributed by atoms with Crippen LogP contribution < -0.4 is 10.6 Å². The average Bonchev–Trinajstić information content (AvgIpc) is 2.36. The van der Waals surface area contributed by atoms with E-state index >= 15 is 0 Å². The molecular weight excluding hydrogens is 234 g/mol. The number of carbonyl (C=O) groups is 2. The highest BCUT2D eigenvalue weighted by Gasteiger charge is 2.59. The Hall–Kier alpha value is -1.14. The van der Waals surface area contributed by atoms with E-state index in [2.05, 4.69) is 10.6 Å². The molecule has 102 valence electrons. The number of hydroxylamine groups is 2. The van der Waals surface area contributed by atoms with Crippen molar-refractivity contribution in [1.29, 1.82) is 0 Å². The van der Waals surface area contributed by atoms with Gasteiger partial charge in [-0.2, -0.15) is 5.06 Å². The second-order valence-corrected chi connectivity index (χ2v) is 6.45. The molecule has 0 radical (unpaired) electrons. The Bertz CT molecular complexity index is 385. The van der Waals surface area contributed by atoms with Crippen molar-refractivity contribution in [1.82, 2.24) is 15.7 Å². The maximum absolute atomic E-state index is 12.1. The maximum Gasteiger partial charge on any atom is 0.322 e. The van der Waals surface area contributed by atoms with Crippen LogP contribution in [0.1, 0.15) is 40.5 Å². The number of carbonyl (C=O) groups excluding carboxylic acids is 2. The molecule has 2 rings (SSSR count). The van der Waals surface area contributed by atoms with E-state index in [0.717, 1.165) is 0 Å². The topological polar surface area (TPSA) is 70.7 Å². The van der Waals surface area contributed by atoms with Crippen LogP contribution >= 0.6 is 0 Å². The van der Waals surface area contributed by atoms with Gasteiger partial charge in [0.1, 0.15) is 5.54 Å². The van der Waals surface area contributed by atoms with Gasteiger partial charge in [-0.05, 0) is 40.5 Å². The van der Waals surface area contributed by atoms with Gasteiger partial charge in [-0.3, -0.25) is 10.1 Å². The minimum atomic E-state index is -0.820. The number of rotatable bonds is 1. The van der Waals surface area contributed by atoms with Crippen LogP contribution in [0.4, 0.5) is 4.79 Å². The molecule has 1 spiro atoms. The van der Waals surface area contributed by atoms with Gasteiger partial charge < -0.3 is 10.2 Å². The third-order valence-electron chi connectivity index (χ3n) is 3.77. The highest BCUT2D eigenvalue weighted by Crippen LogP contribution is 2.44. The molecule has 2 saturated heterocycles. The van der Waals surface area contributed by atoms with Gasteiger partial charge in [0.2, 0.25) is 0 Å². The molecule has 2 fully saturated rings. The zero-order valence-electron chi connectivity index (χ0n) is 11.6. The molecule has 0 atom stereocenters. The summed E-state index contributed by atoms with van der Waals surface area (Å²) in [5.41, 5.74) is -1.50. The first kappa shape index (κ1) is 13.3. The van der Waals surface area contributed by atoms with Crippen molar-refractivity contribution >= 4 is 11.9 Å². The van der Waals surface area contributed by atoms with Crippen LogP contribution in [0.2, 0.25) is 0 Å². The molecule has 2 aliphatic heterocycles. The minimum Gasteiger partial charge on any atom is -0.323 e. The molecule has 0 aromatic heterocycles. The fourth-order valence-corrected chi connectivity index (χ4v) is 3.77. The minimum absolute atomic E-state index is 0.232. The molecule has 2 N–H and O–H groups in total. The van der Waals surface area contributed by atoms with Gasteiger partial charge in [0, 0.05) is 11.1 Å². The van der Waals surface area contributed by atoms with Crippen LogP contribution in [0, 0.1) is 0 Å². The van der Waals surface area contributed by atoms with Gasteiger partial charge >= 0.3 is 6.03 Å². The number of hydrogen-bond acceptors (Lipinski definition) is 4. The van der Waals surface area contributed by atoms with Crippen molar-refractivity contribution < 1.29 is 14.4 Å². The highest BCUT2D eigenvalue weighted by molar-refractivity contribution is 6.07. The van der Waals surface area contributed by atoms with Crippen molar-refractivity contribution in [2.24, 2.45) is 0 Å². The summed E-state index contributed by atoms with van der Waals surface area (Å²) in [6.07, 6.45) is 1.05. The Morgan fingerprint density at radius 3 is 1.94 bits per heavy atom. The monoisotopic (exact) mass is 255 g/mol. The summed E-state index contributed by atoms with van der Waals surface area (Å²) in [4.78, 5) is 29.0. The summed E-state index contributed by atoms with van der Waals surface area (Å²) >= 11 is 0. The number of nitrogens with one attached hydrogen (secondary N) is 2. The molecule has 2 aliphatic rings. The molecule has 2 heterocycles. The van der Waals surface area contributed by atoms with Gasteiger partial charge in [0.25, 0.3) is 5.91 Å². The molecule has 0 aromatic rings. The summed E-state index contributed by atoms with van der Waals surface area (Å²) in [5.74, 6) is -0.232. The van der Waals surface area contributed by atoms with Crippen molar-refractivity contribution in [3.8, 4) is 0 Å². The van der Waals surface area contributed by atoms with E-state index in [1.807, 2.05) is 32.8 Å². The van der Waals surface area contributed by atoms with Crippen molar-refractivity contribution in [2.45, 2.75) is 57.2 Å². The van der Waals surface area contributed by atoms with E-state index in [1.54, 1.807) is 7.11 Å². The van der Waals surface area contributed by atoms with Gasteiger partial charge in [0.15, 0.2) is 0 Å². The molecule has 0 unspecified atom stereocenters. The van der Waals surface area contributed by atoms with Crippen LogP contribution in [-0.2, 0) is 9.63 Å². The van der Waals surface area contributed by atoms with Crippen molar-refractivity contribution in [3.63, 3.8) is 0 Å². The van der Waals surface area contributed by atoms with Crippen molar-refractivity contribution in [3.05, 3.63) is 0 Å². The molecule has 0 aromatic carbocycles. The van der Waals surface area contributed by atoms with E-state index in [-0.39, 0.29) is 17.0 Å². The Morgan fingerprint density at radius 1 is 1.11 bits per heavy atom. The predicted molar refractivity (Wildman–Crippen MR) is 65.6 cm³/mol. The summed E-state index contributed by atoms with van der Waals surface area (Å²) < 4.78 is 0. The number of piperidine rings is 1. The predicted octanol–water partition coefficient (Wildman–Crippen LogP) is 0.779. The SMILES string of the molecule is CON1C(C)(C)CC2(CC1(C)C)NC(=O)NC2=O. The number of imide groups is 1. The Balaban J connectivity index is 2.39. The van der Waals surface area contributed by atoms with Crippen LogP contribution in [0.3, 0.4) is 0 Å². The first-order chi connectivity index (χ1) is 8.13. The summed E-state index contributed by atoms with van der Waals surface area (Å²) in [6, 6.07) is -0.405. The van der Waals surface area contributed by atoms with Crippen LogP contribution in [-0.4, -0.2) is 40.7 Å². The normalized spacial score (nSPS) is 29.2. The van der Waals surface area contributed by atoms with E-state index in [4.69, 9.17) is 4.84 Å². The maximum atomic E-state index is 12.1. The lowest BCUT2D eigenvalue weighted by molar-refractivity contribution is -0.272. The third-order valence-corrected chi connectivity index (χ3v) is 3.77. The molecular formula is C12H21N3O3. The molecule has 6 nitrogen and oxygen atoms in total. The van der Waals surface area contributed by atoms with Gasteiger partial charge in [-0.15, -0.1) is 0 Å². The van der Waals surface area contributed by atoms with E-state index in [1.165, 1.54) is 0 Å². The Morgan fingerprint density at radius 2 is 1.61 bits per heavy atom. The van der Waals surface area contributed by atoms with Crippen LogP contribution in [0.25, 0.3) is 0 Å². The second-order valence-electron chi connectivity index (χ2n) is 6.45. The molecule has 0 aliphatic carbocycles. The lowest BCUT2D eigenvalue weighted by atomic mass is 9.70. The third kappa shape index (κ3) is 1.80. The second kappa shape index (κ2) is 3.68. The zero-order valence-corrected chi connectivity index (χ0v) is 11.6. The molecule has 18 heavy (non-hydrogen) atoms. The van der Waals surface area contributed by atoms with Crippen LogP contribution in [0.5, 0.6) is 0 Å². The summed E-state index contributed by atoms with van der Waals surface area (Å²) in [5, 5.41) is 7.04. The summed E-state index contributed by atoms with van der Waals surface area (Å²) in [7, 11) is 1.63. The molecule has 0 bridgehead atoms. The largest absolute Gasteiger partial charge is 0.323 e. The molecule has 0 saturated carbocycles. The average molecular weight is 255 g/mol. The van der Waals surface area contributed by atoms with Gasteiger partial charge in [-0.1, -0.05) is 0 Å². The van der Waals surface area contributed by atoms with E-state index in [0.29, 0.717) is 12.8 Å². The standard InChI is InChI=1S/C12H21N3O3/c1-10(2)6-12(8(16)13-9(17)14-12)7-11(3,4)15(10)18-5/h6-7H2,1-5H3,(H2,13,14,16,17). The quantitative estimate of drug-likeness (QED) is 0.679. The lowest BCUT2D eigenvalue weighted by Gasteiger charge is -2.55. The van der Waals surface area contributed by atoms with Crippen molar-refractivity contribution in [2.75, 3.05) is 7.11 Å². The molecule has 6 heteroatoms. The van der Waals surface area contributed by atoms with Gasteiger partial charge in [-0.25, -0.2) is 4.79 Å². The number of amides is 3. The number of urea groups is 1. The smallest absolute Gasteiger partial charge is 0.322 e.